The second-order valence-corrected chi connectivity index (χ2v) is 5.69. The molecule has 1 N–H and O–H groups in total. The lowest BCUT2D eigenvalue weighted by atomic mass is 9.75. The fraction of sp³-hybridized carbons (Fsp3) is 0.562. The molecule has 0 aromatic carbocycles. The number of aryl methyl sites for hydroxylation is 1. The van der Waals surface area contributed by atoms with Crippen LogP contribution in [-0.4, -0.2) is 25.2 Å². The van der Waals surface area contributed by atoms with Crippen molar-refractivity contribution in [2.75, 3.05) is 20.2 Å². The van der Waals surface area contributed by atoms with Gasteiger partial charge in [-0.3, -0.25) is 4.98 Å². The lowest BCUT2D eigenvalue weighted by Gasteiger charge is -2.35. The van der Waals surface area contributed by atoms with Crippen LogP contribution in [0.2, 0.25) is 0 Å². The Balaban J connectivity index is 1.84. The van der Waals surface area contributed by atoms with Crippen molar-refractivity contribution in [1.29, 1.82) is 0 Å². The number of nitrogens with zero attached hydrogens (tertiary/aromatic N) is 1. The predicted molar refractivity (Wildman–Crippen MR) is 77.2 cm³/mol. The number of nitrogens with one attached hydrogen (secondary N) is 1. The zero-order valence-electron chi connectivity index (χ0n) is 11.8. The van der Waals surface area contributed by atoms with Gasteiger partial charge in [0.25, 0.3) is 0 Å². The molecule has 3 heteroatoms. The summed E-state index contributed by atoms with van der Waals surface area (Å²) in [5.74, 6) is 2.56. The van der Waals surface area contributed by atoms with Gasteiger partial charge in [0.15, 0.2) is 0 Å². The second kappa shape index (κ2) is 5.33. The highest BCUT2D eigenvalue weighted by atomic mass is 16.5. The van der Waals surface area contributed by atoms with Crippen molar-refractivity contribution in [3.05, 3.63) is 29.6 Å². The first kappa shape index (κ1) is 12.7. The molecule has 0 unspecified atom stereocenters. The average molecular weight is 258 g/mol. The van der Waals surface area contributed by atoms with Gasteiger partial charge in [-0.2, -0.15) is 0 Å². The highest BCUT2D eigenvalue weighted by molar-refractivity contribution is 5.67. The van der Waals surface area contributed by atoms with Crippen molar-refractivity contribution in [3.63, 3.8) is 0 Å². The summed E-state index contributed by atoms with van der Waals surface area (Å²) < 4.78 is 5.38. The first-order valence-electron chi connectivity index (χ1n) is 7.18. The van der Waals surface area contributed by atoms with E-state index in [9.17, 15) is 0 Å². The Morgan fingerprint density at radius 1 is 1.37 bits per heavy atom. The van der Waals surface area contributed by atoms with Crippen molar-refractivity contribution in [2.24, 2.45) is 11.8 Å². The first-order valence-corrected chi connectivity index (χ1v) is 7.18. The molecular weight excluding hydrogens is 236 g/mol. The largest absolute Gasteiger partial charge is 0.495 e. The summed E-state index contributed by atoms with van der Waals surface area (Å²) in [4.78, 5) is 4.45. The minimum atomic E-state index is 0.793. The minimum absolute atomic E-state index is 0.793. The van der Waals surface area contributed by atoms with Crippen LogP contribution < -0.4 is 10.1 Å². The number of methoxy groups -OCH3 is 1. The molecule has 0 radical (unpaired) electrons. The van der Waals surface area contributed by atoms with E-state index in [-0.39, 0.29) is 0 Å². The Hall–Kier alpha value is -1.35. The van der Waals surface area contributed by atoms with E-state index in [1.54, 1.807) is 7.11 Å². The number of aromatic nitrogens is 1. The van der Waals surface area contributed by atoms with Crippen LogP contribution in [0.3, 0.4) is 0 Å². The number of piperidine rings is 1. The number of hydrogen-bond donors (Lipinski definition) is 1. The van der Waals surface area contributed by atoms with Gasteiger partial charge >= 0.3 is 0 Å². The van der Waals surface area contributed by atoms with Crippen LogP contribution >= 0.6 is 0 Å². The number of allylic oxidation sites excluding steroid dienone is 2. The van der Waals surface area contributed by atoms with Gasteiger partial charge in [0.2, 0.25) is 0 Å². The van der Waals surface area contributed by atoms with Crippen LogP contribution in [0.5, 0.6) is 5.75 Å². The molecule has 3 nitrogen and oxygen atoms in total. The zero-order chi connectivity index (χ0) is 13.2. The monoisotopic (exact) mass is 258 g/mol. The van der Waals surface area contributed by atoms with E-state index in [2.05, 4.69) is 22.4 Å². The van der Waals surface area contributed by atoms with E-state index in [0.29, 0.717) is 0 Å². The van der Waals surface area contributed by atoms with Crippen molar-refractivity contribution in [3.8, 4) is 5.75 Å². The van der Waals surface area contributed by atoms with Gasteiger partial charge in [0.1, 0.15) is 5.75 Å². The minimum Gasteiger partial charge on any atom is -0.495 e. The average Bonchev–Trinajstić information content (AvgIpc) is 2.47. The fourth-order valence-corrected chi connectivity index (χ4v) is 3.32. The molecule has 2 atom stereocenters. The van der Waals surface area contributed by atoms with E-state index in [1.165, 1.54) is 43.5 Å². The maximum absolute atomic E-state index is 5.38. The van der Waals surface area contributed by atoms with Gasteiger partial charge in [-0.1, -0.05) is 6.08 Å². The highest BCUT2D eigenvalue weighted by Gasteiger charge is 2.28. The molecule has 0 amide bonds. The molecule has 2 aliphatic rings. The van der Waals surface area contributed by atoms with E-state index < -0.39 is 0 Å². The van der Waals surface area contributed by atoms with Gasteiger partial charge in [-0.05, 0) is 68.3 Å². The first-order chi connectivity index (χ1) is 9.28. The standard InChI is InChI=1S/C16H22N2O/c1-11-16(19-2)8-15(10-18-11)13-4-3-12-5-6-17-9-14(12)7-13/h4,8,10,12,14,17H,3,5-7,9H2,1-2H3/t12-,14+/m1/s1. The molecule has 1 aliphatic carbocycles. The SMILES string of the molecule is COc1cc(C2=CC[C@@H]3CCNC[C@@H]3C2)cnc1C. The Kier molecular flexibility index (Phi) is 3.56. The third kappa shape index (κ3) is 2.52. The smallest absolute Gasteiger partial charge is 0.140 e. The maximum atomic E-state index is 5.38. The van der Waals surface area contributed by atoms with Crippen molar-refractivity contribution < 1.29 is 4.74 Å². The molecule has 2 heterocycles. The van der Waals surface area contributed by atoms with Gasteiger partial charge in [0.05, 0.1) is 12.8 Å². The Morgan fingerprint density at radius 2 is 2.26 bits per heavy atom. The molecule has 1 aliphatic heterocycles. The Bertz CT molecular complexity index is 496. The number of rotatable bonds is 2. The van der Waals surface area contributed by atoms with E-state index >= 15 is 0 Å². The summed E-state index contributed by atoms with van der Waals surface area (Å²) in [6.07, 6.45) is 8.12. The summed E-state index contributed by atoms with van der Waals surface area (Å²) in [6.45, 7) is 4.33. The van der Waals surface area contributed by atoms with Crippen LogP contribution in [0, 0.1) is 18.8 Å². The number of hydrogen-bond acceptors (Lipinski definition) is 3. The van der Waals surface area contributed by atoms with Crippen LogP contribution in [0.4, 0.5) is 0 Å². The quantitative estimate of drug-likeness (QED) is 0.885. The Labute approximate surface area is 115 Å². The molecule has 0 spiro atoms. The summed E-state index contributed by atoms with van der Waals surface area (Å²) in [5, 5.41) is 3.52. The maximum Gasteiger partial charge on any atom is 0.140 e. The van der Waals surface area contributed by atoms with Crippen LogP contribution in [0.25, 0.3) is 5.57 Å². The molecule has 3 rings (SSSR count). The van der Waals surface area contributed by atoms with Crippen molar-refractivity contribution in [1.82, 2.24) is 10.3 Å². The molecule has 1 saturated heterocycles. The van der Waals surface area contributed by atoms with Crippen LogP contribution in [-0.2, 0) is 0 Å². The normalized spacial score (nSPS) is 26.5. The van der Waals surface area contributed by atoms with E-state index in [4.69, 9.17) is 4.74 Å². The third-order valence-corrected chi connectivity index (χ3v) is 4.55. The third-order valence-electron chi connectivity index (χ3n) is 4.55. The van der Waals surface area contributed by atoms with Gasteiger partial charge in [0, 0.05) is 6.20 Å². The molecule has 1 aromatic rings. The van der Waals surface area contributed by atoms with Crippen molar-refractivity contribution in [2.45, 2.75) is 26.2 Å². The van der Waals surface area contributed by atoms with E-state index in [0.717, 1.165) is 23.3 Å². The molecule has 1 fully saturated rings. The zero-order valence-corrected chi connectivity index (χ0v) is 11.8. The Morgan fingerprint density at radius 3 is 3.11 bits per heavy atom. The van der Waals surface area contributed by atoms with Gasteiger partial charge in [-0.25, -0.2) is 0 Å². The number of ether oxygens (including phenoxy) is 1. The van der Waals surface area contributed by atoms with Gasteiger partial charge in [-0.15, -0.1) is 0 Å². The van der Waals surface area contributed by atoms with Crippen LogP contribution in [0.1, 0.15) is 30.5 Å². The summed E-state index contributed by atoms with van der Waals surface area (Å²) in [7, 11) is 1.71. The van der Waals surface area contributed by atoms with E-state index in [1.807, 2.05) is 13.1 Å². The lowest BCUT2D eigenvalue weighted by molar-refractivity contribution is 0.252. The molecule has 102 valence electrons. The molecule has 19 heavy (non-hydrogen) atoms. The van der Waals surface area contributed by atoms with Crippen LogP contribution in [0.15, 0.2) is 18.3 Å². The summed E-state index contributed by atoms with van der Waals surface area (Å²) >= 11 is 0. The molecule has 1 aromatic heterocycles. The summed E-state index contributed by atoms with van der Waals surface area (Å²) in [5.41, 5.74) is 3.63. The molecule has 0 saturated carbocycles. The molecular formula is C16H22N2O. The fourth-order valence-electron chi connectivity index (χ4n) is 3.32. The summed E-state index contributed by atoms with van der Waals surface area (Å²) in [6, 6.07) is 2.13. The van der Waals surface area contributed by atoms with Gasteiger partial charge < -0.3 is 10.1 Å². The van der Waals surface area contributed by atoms with Crippen molar-refractivity contribution >= 4 is 5.57 Å². The topological polar surface area (TPSA) is 34.1 Å². The number of pyridine rings is 1. The highest BCUT2D eigenvalue weighted by Crippen LogP contribution is 2.38. The number of fused-ring (bicyclic) bond motifs is 1. The molecule has 0 bridgehead atoms. The second-order valence-electron chi connectivity index (χ2n) is 5.69. The lowest BCUT2D eigenvalue weighted by Crippen LogP contribution is -2.37. The predicted octanol–water partition coefficient (Wildman–Crippen LogP) is 2.80.